The number of aliphatic hydroxyl groups is 2. The second-order valence-electron chi connectivity index (χ2n) is 28.5. The zero-order chi connectivity index (χ0) is 64.2. The Hall–Kier alpha value is -1.66. The number of ether oxygens (including phenoxy) is 1. The highest BCUT2D eigenvalue weighted by Gasteiger charge is 2.20. The molecule has 0 rings (SSSR count). The molecule has 528 valence electrons. The third-order valence-electron chi connectivity index (χ3n) is 19.5. The van der Waals surface area contributed by atoms with Gasteiger partial charge in [-0.15, -0.1) is 0 Å². The molecule has 0 aliphatic carbocycles. The van der Waals surface area contributed by atoms with Crippen LogP contribution >= 0.6 is 0 Å². The summed E-state index contributed by atoms with van der Waals surface area (Å²) in [4.78, 5) is 24.7. The maximum absolute atomic E-state index is 12.6. The number of amides is 1. The van der Waals surface area contributed by atoms with Crippen LogP contribution in [0.2, 0.25) is 0 Å². The van der Waals surface area contributed by atoms with Gasteiger partial charge in [0.05, 0.1) is 25.4 Å². The zero-order valence-corrected chi connectivity index (χ0v) is 60.7. The van der Waals surface area contributed by atoms with Gasteiger partial charge in [-0.05, 0) is 57.8 Å². The number of unbranched alkanes of at least 4 members (excludes halogenated alkanes) is 63. The van der Waals surface area contributed by atoms with Crippen molar-refractivity contribution in [2.75, 3.05) is 13.2 Å². The fourth-order valence-electron chi connectivity index (χ4n) is 13.3. The highest BCUT2D eigenvalue weighted by atomic mass is 16.5. The predicted molar refractivity (Wildman–Crippen MR) is 393 cm³/mol. The highest BCUT2D eigenvalue weighted by molar-refractivity contribution is 5.76. The summed E-state index contributed by atoms with van der Waals surface area (Å²) in [6.45, 7) is 4.99. The van der Waals surface area contributed by atoms with Crippen molar-refractivity contribution in [2.24, 2.45) is 0 Å². The molecule has 2 atom stereocenters. The van der Waals surface area contributed by atoms with Gasteiger partial charge in [0.1, 0.15) is 0 Å². The van der Waals surface area contributed by atoms with Gasteiger partial charge in [-0.2, -0.15) is 0 Å². The first-order valence-electron chi connectivity index (χ1n) is 41.1. The molecule has 0 saturated heterocycles. The van der Waals surface area contributed by atoms with Crippen molar-refractivity contribution in [1.82, 2.24) is 5.32 Å². The highest BCUT2D eigenvalue weighted by Crippen LogP contribution is 2.21. The minimum Gasteiger partial charge on any atom is -0.466 e. The van der Waals surface area contributed by atoms with Gasteiger partial charge in [-0.1, -0.05) is 423 Å². The van der Waals surface area contributed by atoms with Gasteiger partial charge in [-0.3, -0.25) is 9.59 Å². The molecule has 0 heterocycles. The van der Waals surface area contributed by atoms with E-state index in [4.69, 9.17) is 4.74 Å². The summed E-state index contributed by atoms with van der Waals surface area (Å²) in [6.07, 6.45) is 101. The van der Waals surface area contributed by atoms with Crippen molar-refractivity contribution < 1.29 is 24.5 Å². The number of hydrogen-bond donors (Lipinski definition) is 3. The number of nitrogens with one attached hydrogen (secondary N) is 1. The third kappa shape index (κ3) is 75.3. The molecular weight excluding hydrogens is 1090 g/mol. The normalized spacial score (nSPS) is 12.5. The summed E-state index contributed by atoms with van der Waals surface area (Å²) in [7, 11) is 0. The Morgan fingerprint density at radius 2 is 0.562 bits per heavy atom. The molecule has 1 amide bonds. The average molecular weight is 1250 g/mol. The Morgan fingerprint density at radius 1 is 0.315 bits per heavy atom. The molecule has 2 unspecified atom stereocenters. The van der Waals surface area contributed by atoms with E-state index in [0.717, 1.165) is 51.4 Å². The van der Waals surface area contributed by atoms with Crippen LogP contribution < -0.4 is 5.32 Å². The number of allylic oxidation sites excluding steroid dienone is 4. The first-order valence-corrected chi connectivity index (χ1v) is 41.1. The Labute approximate surface area is 558 Å². The van der Waals surface area contributed by atoms with Crippen molar-refractivity contribution in [3.63, 3.8) is 0 Å². The summed E-state index contributed by atoms with van der Waals surface area (Å²) in [6, 6.07) is -0.540. The number of hydrogen-bond acceptors (Lipinski definition) is 5. The van der Waals surface area contributed by atoms with E-state index in [2.05, 4.69) is 43.5 Å². The third-order valence-corrected chi connectivity index (χ3v) is 19.5. The molecule has 0 bridgehead atoms. The molecule has 89 heavy (non-hydrogen) atoms. The van der Waals surface area contributed by atoms with Crippen LogP contribution in [0, 0.1) is 0 Å². The van der Waals surface area contributed by atoms with Crippen molar-refractivity contribution in [1.29, 1.82) is 0 Å². The molecule has 0 saturated carbocycles. The van der Waals surface area contributed by atoms with Crippen LogP contribution in [-0.4, -0.2) is 47.4 Å². The van der Waals surface area contributed by atoms with Crippen LogP contribution in [0.25, 0.3) is 0 Å². The van der Waals surface area contributed by atoms with E-state index in [-0.39, 0.29) is 18.5 Å². The number of aliphatic hydroxyl groups excluding tert-OH is 2. The molecule has 0 aromatic rings. The molecule has 0 spiro atoms. The largest absolute Gasteiger partial charge is 0.466 e. The van der Waals surface area contributed by atoms with Gasteiger partial charge in [0.2, 0.25) is 5.91 Å². The molecule has 0 aliphatic rings. The topological polar surface area (TPSA) is 95.9 Å². The van der Waals surface area contributed by atoms with Gasteiger partial charge in [0.25, 0.3) is 0 Å². The standard InChI is InChI=1S/C83H161NO5/c1-3-5-7-9-11-13-15-17-19-21-23-24-25-34-37-40-43-47-51-55-59-63-67-71-75-81(86)80(79-85)84-82(87)76-72-68-64-60-56-52-48-44-41-38-35-32-30-28-26-27-29-31-33-36-39-42-46-50-54-58-62-66-70-74-78-89-83(88)77-73-69-65-61-57-53-49-45-22-20-18-16-14-12-10-8-6-4-2/h14,16,20,22,80-81,85-86H,3-13,15,17-19,21,23-79H2,1-2H3,(H,84,87)/b16-14-,22-20-. The summed E-state index contributed by atoms with van der Waals surface area (Å²) in [5.41, 5.74) is 0. The lowest BCUT2D eigenvalue weighted by Crippen LogP contribution is -2.45. The van der Waals surface area contributed by atoms with E-state index in [0.29, 0.717) is 25.9 Å². The van der Waals surface area contributed by atoms with Crippen molar-refractivity contribution in [2.45, 2.75) is 482 Å². The molecular formula is C83H161NO5. The summed E-state index contributed by atoms with van der Waals surface area (Å²) >= 11 is 0. The Bertz CT molecular complexity index is 1400. The maximum atomic E-state index is 12.6. The van der Waals surface area contributed by atoms with E-state index < -0.39 is 12.1 Å². The lowest BCUT2D eigenvalue weighted by Gasteiger charge is -2.22. The number of carbonyl (C=O) groups excluding carboxylic acids is 2. The van der Waals surface area contributed by atoms with Crippen LogP contribution in [0.5, 0.6) is 0 Å². The smallest absolute Gasteiger partial charge is 0.305 e. The van der Waals surface area contributed by atoms with E-state index in [9.17, 15) is 19.8 Å². The van der Waals surface area contributed by atoms with E-state index >= 15 is 0 Å². The van der Waals surface area contributed by atoms with Crippen molar-refractivity contribution in [3.8, 4) is 0 Å². The lowest BCUT2D eigenvalue weighted by atomic mass is 10.0. The first kappa shape index (κ1) is 87.3. The minimum atomic E-state index is -0.663. The molecule has 3 N–H and O–H groups in total. The van der Waals surface area contributed by atoms with Crippen LogP contribution in [0.4, 0.5) is 0 Å². The van der Waals surface area contributed by atoms with Gasteiger partial charge in [0, 0.05) is 12.8 Å². The van der Waals surface area contributed by atoms with Gasteiger partial charge >= 0.3 is 5.97 Å². The Morgan fingerprint density at radius 3 is 0.865 bits per heavy atom. The van der Waals surface area contributed by atoms with Crippen molar-refractivity contribution in [3.05, 3.63) is 24.3 Å². The quantitative estimate of drug-likeness (QED) is 0.0320. The summed E-state index contributed by atoms with van der Waals surface area (Å²) in [5.74, 6) is -0.0111. The molecule has 0 radical (unpaired) electrons. The summed E-state index contributed by atoms with van der Waals surface area (Å²) < 4.78 is 5.51. The van der Waals surface area contributed by atoms with Gasteiger partial charge < -0.3 is 20.3 Å². The lowest BCUT2D eigenvalue weighted by molar-refractivity contribution is -0.143. The number of carbonyl (C=O) groups is 2. The van der Waals surface area contributed by atoms with Gasteiger partial charge in [-0.25, -0.2) is 0 Å². The van der Waals surface area contributed by atoms with Crippen LogP contribution in [-0.2, 0) is 14.3 Å². The fraction of sp³-hybridized carbons (Fsp3) is 0.928. The average Bonchev–Trinajstić information content (AvgIpc) is 3.60. The SMILES string of the molecule is CCCCCC/C=C\C/C=C\CCCCCCCCCC(=O)OCCCCCCCCCCCCCCCCCCCCCCCCCCCCCCCCC(=O)NC(CO)C(O)CCCCCCCCCCCCCCCCCCCCCCCCCC. The van der Waals surface area contributed by atoms with Gasteiger partial charge in [0.15, 0.2) is 0 Å². The first-order chi connectivity index (χ1) is 44.0. The zero-order valence-electron chi connectivity index (χ0n) is 60.7. The maximum Gasteiger partial charge on any atom is 0.305 e. The van der Waals surface area contributed by atoms with Crippen LogP contribution in [0.15, 0.2) is 24.3 Å². The molecule has 0 fully saturated rings. The summed E-state index contributed by atoms with van der Waals surface area (Å²) in [5, 5.41) is 23.5. The van der Waals surface area contributed by atoms with E-state index in [1.807, 2.05) is 0 Å². The number of esters is 1. The predicted octanol–water partition coefficient (Wildman–Crippen LogP) is 27.2. The molecule has 6 heteroatoms. The van der Waals surface area contributed by atoms with E-state index in [1.165, 1.54) is 385 Å². The molecule has 0 aromatic heterocycles. The van der Waals surface area contributed by atoms with Crippen molar-refractivity contribution >= 4 is 11.9 Å². The van der Waals surface area contributed by atoms with Crippen LogP contribution in [0.3, 0.4) is 0 Å². The second-order valence-corrected chi connectivity index (χ2v) is 28.5. The van der Waals surface area contributed by atoms with Crippen LogP contribution in [0.1, 0.15) is 470 Å². The van der Waals surface area contributed by atoms with E-state index in [1.54, 1.807) is 0 Å². The fourth-order valence-corrected chi connectivity index (χ4v) is 13.3. The minimum absolute atomic E-state index is 0.0140. The Kier molecular flexibility index (Phi) is 77.3. The molecule has 0 aliphatic heterocycles. The monoisotopic (exact) mass is 1250 g/mol. The Balaban J connectivity index is 3.33. The second kappa shape index (κ2) is 78.8. The number of rotatable bonds is 78. The molecule has 6 nitrogen and oxygen atoms in total. The molecule has 0 aromatic carbocycles.